The molecule has 1 aromatic rings. The van der Waals surface area contributed by atoms with E-state index in [1.807, 2.05) is 5.43 Å². The highest BCUT2D eigenvalue weighted by Crippen LogP contribution is 2.01. The third-order valence-electron chi connectivity index (χ3n) is 1.53. The number of urea groups is 1. The van der Waals surface area contributed by atoms with Gasteiger partial charge in [-0.15, -0.1) is 0 Å². The molecule has 0 bridgehead atoms. The Labute approximate surface area is 80.6 Å². The largest absolute Gasteiger partial charge is 0.350 e. The van der Waals surface area contributed by atoms with E-state index >= 15 is 0 Å². The number of rotatable bonds is 3. The van der Waals surface area contributed by atoms with Crippen LogP contribution < -0.4 is 11.2 Å². The lowest BCUT2D eigenvalue weighted by molar-refractivity contribution is 0.249. The molecule has 4 nitrogen and oxygen atoms in total. The number of primary amides is 1. The van der Waals surface area contributed by atoms with Gasteiger partial charge in [-0.05, 0) is 0 Å². The molecule has 14 heavy (non-hydrogen) atoms. The number of nitrogens with two attached hydrogens (primary N) is 1. The van der Waals surface area contributed by atoms with Gasteiger partial charge in [-0.2, -0.15) is 5.10 Å². The molecule has 0 unspecified atom stereocenters. The second kappa shape index (κ2) is 4.96. The Morgan fingerprint density at radius 1 is 1.43 bits per heavy atom. The number of hydrazone groups is 1. The number of nitrogens with zero attached hydrogens (tertiary/aromatic N) is 1. The van der Waals surface area contributed by atoms with Crippen molar-refractivity contribution in [2.45, 2.75) is 0 Å². The number of alkyl halides is 1. The van der Waals surface area contributed by atoms with E-state index in [0.717, 1.165) is 0 Å². The van der Waals surface area contributed by atoms with Crippen LogP contribution >= 0.6 is 0 Å². The van der Waals surface area contributed by atoms with E-state index in [2.05, 4.69) is 5.10 Å². The standard InChI is InChI=1S/C9H10FN3O/c10-6-8(12-13-9(11)14)7-4-2-1-3-5-7/h1-5H,6H2,(H3,11,13,14)/b12-8-. The van der Waals surface area contributed by atoms with Crippen LogP contribution in [0.15, 0.2) is 35.4 Å². The minimum absolute atomic E-state index is 0.143. The number of hydrogen-bond donors (Lipinski definition) is 2. The first kappa shape index (κ1) is 10.2. The van der Waals surface area contributed by atoms with E-state index in [9.17, 15) is 9.18 Å². The van der Waals surface area contributed by atoms with E-state index in [0.29, 0.717) is 5.56 Å². The van der Waals surface area contributed by atoms with Gasteiger partial charge in [0.2, 0.25) is 0 Å². The molecular weight excluding hydrogens is 185 g/mol. The monoisotopic (exact) mass is 195 g/mol. The van der Waals surface area contributed by atoms with Gasteiger partial charge < -0.3 is 5.73 Å². The summed E-state index contributed by atoms with van der Waals surface area (Å²) in [5, 5.41) is 3.53. The fourth-order valence-corrected chi connectivity index (χ4v) is 0.925. The summed E-state index contributed by atoms with van der Waals surface area (Å²) < 4.78 is 12.5. The van der Waals surface area contributed by atoms with Crippen molar-refractivity contribution in [3.8, 4) is 0 Å². The van der Waals surface area contributed by atoms with Gasteiger partial charge in [-0.3, -0.25) is 0 Å². The van der Waals surface area contributed by atoms with Crippen molar-refractivity contribution in [1.82, 2.24) is 5.43 Å². The summed E-state index contributed by atoms with van der Waals surface area (Å²) in [6, 6.07) is 7.89. The quantitative estimate of drug-likeness (QED) is 0.549. The van der Waals surface area contributed by atoms with Crippen LogP contribution in [0.3, 0.4) is 0 Å². The molecule has 0 saturated heterocycles. The highest BCUT2D eigenvalue weighted by molar-refractivity contribution is 6.01. The number of hydrogen-bond acceptors (Lipinski definition) is 2. The Balaban J connectivity index is 2.82. The highest BCUT2D eigenvalue weighted by Gasteiger charge is 2.02. The van der Waals surface area contributed by atoms with Gasteiger partial charge in [0.1, 0.15) is 6.67 Å². The number of benzene rings is 1. The van der Waals surface area contributed by atoms with E-state index in [-0.39, 0.29) is 5.71 Å². The van der Waals surface area contributed by atoms with E-state index in [4.69, 9.17) is 5.73 Å². The van der Waals surface area contributed by atoms with Gasteiger partial charge in [-0.25, -0.2) is 14.6 Å². The number of carbonyl (C=O) groups is 1. The first-order valence-electron chi connectivity index (χ1n) is 3.97. The van der Waals surface area contributed by atoms with Crippen molar-refractivity contribution >= 4 is 11.7 Å². The Morgan fingerprint density at radius 3 is 2.57 bits per heavy atom. The van der Waals surface area contributed by atoms with Crippen molar-refractivity contribution in [3.63, 3.8) is 0 Å². The Hall–Kier alpha value is -1.91. The highest BCUT2D eigenvalue weighted by atomic mass is 19.1. The first-order chi connectivity index (χ1) is 6.74. The van der Waals surface area contributed by atoms with Gasteiger partial charge in [0.15, 0.2) is 0 Å². The van der Waals surface area contributed by atoms with Gasteiger partial charge in [0.25, 0.3) is 0 Å². The third kappa shape index (κ3) is 2.85. The van der Waals surface area contributed by atoms with E-state index in [1.54, 1.807) is 30.3 Å². The summed E-state index contributed by atoms with van der Waals surface area (Å²) >= 11 is 0. The number of halogens is 1. The summed E-state index contributed by atoms with van der Waals surface area (Å²) in [6.07, 6.45) is 0. The minimum Gasteiger partial charge on any atom is -0.350 e. The molecule has 2 amide bonds. The van der Waals surface area contributed by atoms with Gasteiger partial charge >= 0.3 is 6.03 Å². The van der Waals surface area contributed by atoms with E-state index in [1.165, 1.54) is 0 Å². The lowest BCUT2D eigenvalue weighted by Gasteiger charge is -2.01. The zero-order valence-electron chi connectivity index (χ0n) is 7.40. The van der Waals surface area contributed by atoms with Crippen LogP contribution in [-0.4, -0.2) is 18.4 Å². The van der Waals surface area contributed by atoms with Gasteiger partial charge in [0, 0.05) is 5.56 Å². The Morgan fingerprint density at radius 2 is 2.07 bits per heavy atom. The van der Waals surface area contributed by atoms with Crippen LogP contribution in [0.5, 0.6) is 0 Å². The van der Waals surface area contributed by atoms with Crippen molar-refractivity contribution < 1.29 is 9.18 Å². The second-order valence-electron chi connectivity index (χ2n) is 2.53. The molecule has 0 radical (unpaired) electrons. The SMILES string of the molecule is NC(=O)N/N=C(/CF)c1ccccc1. The molecule has 0 atom stereocenters. The topological polar surface area (TPSA) is 67.5 Å². The van der Waals surface area contributed by atoms with Crippen molar-refractivity contribution in [3.05, 3.63) is 35.9 Å². The van der Waals surface area contributed by atoms with Crippen LogP contribution in [0.2, 0.25) is 0 Å². The normalized spacial score (nSPS) is 11.1. The van der Waals surface area contributed by atoms with Crippen molar-refractivity contribution in [2.75, 3.05) is 6.67 Å². The molecular formula is C9H10FN3O. The Kier molecular flexibility index (Phi) is 3.60. The third-order valence-corrected chi connectivity index (χ3v) is 1.53. The van der Waals surface area contributed by atoms with Crippen LogP contribution in [0.4, 0.5) is 9.18 Å². The molecule has 0 aliphatic rings. The average Bonchev–Trinajstić information content (AvgIpc) is 2.20. The smallest absolute Gasteiger partial charge is 0.332 e. The summed E-state index contributed by atoms with van der Waals surface area (Å²) in [6.45, 7) is -0.760. The lowest BCUT2D eigenvalue weighted by atomic mass is 10.1. The maximum Gasteiger partial charge on any atom is 0.332 e. The van der Waals surface area contributed by atoms with Crippen LogP contribution in [-0.2, 0) is 0 Å². The molecule has 0 aromatic heterocycles. The number of amides is 2. The molecule has 0 saturated carbocycles. The molecule has 3 N–H and O–H groups in total. The zero-order valence-corrected chi connectivity index (χ0v) is 7.40. The molecule has 0 fully saturated rings. The predicted octanol–water partition coefficient (Wildman–Crippen LogP) is 1.03. The minimum atomic E-state index is -0.813. The molecule has 0 heterocycles. The fraction of sp³-hybridized carbons (Fsp3) is 0.111. The maximum atomic E-state index is 12.5. The molecule has 0 spiro atoms. The lowest BCUT2D eigenvalue weighted by Crippen LogP contribution is -2.26. The molecule has 1 aromatic carbocycles. The van der Waals surface area contributed by atoms with Crippen molar-refractivity contribution in [2.24, 2.45) is 10.8 Å². The van der Waals surface area contributed by atoms with Gasteiger partial charge in [0.05, 0.1) is 5.71 Å². The molecule has 0 aliphatic carbocycles. The zero-order chi connectivity index (χ0) is 10.4. The van der Waals surface area contributed by atoms with E-state index < -0.39 is 12.7 Å². The van der Waals surface area contributed by atoms with Gasteiger partial charge in [-0.1, -0.05) is 30.3 Å². The predicted molar refractivity (Wildman–Crippen MR) is 51.7 cm³/mol. The molecule has 1 rings (SSSR count). The maximum absolute atomic E-state index is 12.5. The summed E-state index contributed by atoms with van der Waals surface area (Å²) in [7, 11) is 0. The molecule has 0 aliphatic heterocycles. The van der Waals surface area contributed by atoms with Crippen LogP contribution in [0.1, 0.15) is 5.56 Å². The number of carbonyl (C=O) groups excluding carboxylic acids is 1. The molecule has 5 heteroatoms. The first-order valence-corrected chi connectivity index (χ1v) is 3.97. The second-order valence-corrected chi connectivity index (χ2v) is 2.53. The van der Waals surface area contributed by atoms with Crippen molar-refractivity contribution in [1.29, 1.82) is 0 Å². The fourth-order valence-electron chi connectivity index (χ4n) is 0.925. The van der Waals surface area contributed by atoms with Crippen LogP contribution in [0, 0.1) is 0 Å². The average molecular weight is 195 g/mol. The Bertz CT molecular complexity index is 337. The molecule has 74 valence electrons. The summed E-state index contributed by atoms with van der Waals surface area (Å²) in [5.41, 5.74) is 7.53. The van der Waals surface area contributed by atoms with Crippen LogP contribution in [0.25, 0.3) is 0 Å². The summed E-state index contributed by atoms with van der Waals surface area (Å²) in [5.74, 6) is 0. The summed E-state index contributed by atoms with van der Waals surface area (Å²) in [4.78, 5) is 10.3. The number of nitrogens with one attached hydrogen (secondary N) is 1.